The average Bonchev–Trinajstić information content (AvgIpc) is 2.75. The molecule has 3 rings (SSSR count). The standard InChI is InChI=1S/C22H19Cl3N2O4/c23-13-12-18(21(30)14-4-8-16(24)9-5-14)26(27-19(28)2-1-3-20(27)29)22(31)15-6-10-17(25)11-7-15/h4-11,18H,1-3,12-13H2/t18-/m0/s1. The monoisotopic (exact) mass is 480 g/mol. The molecule has 2 aromatic rings. The third-order valence-corrected chi connectivity index (χ3v) is 5.60. The molecular weight excluding hydrogens is 463 g/mol. The van der Waals surface area contributed by atoms with Crippen molar-refractivity contribution in [2.24, 2.45) is 0 Å². The number of carbonyl (C=O) groups excluding carboxylic acids is 4. The van der Waals surface area contributed by atoms with Gasteiger partial charge < -0.3 is 0 Å². The summed E-state index contributed by atoms with van der Waals surface area (Å²) in [7, 11) is 0. The molecule has 6 nitrogen and oxygen atoms in total. The van der Waals surface area contributed by atoms with Gasteiger partial charge in [-0.3, -0.25) is 19.2 Å². The van der Waals surface area contributed by atoms with Crippen LogP contribution in [0.15, 0.2) is 48.5 Å². The largest absolute Gasteiger partial charge is 0.292 e. The number of carbonyl (C=O) groups is 4. The van der Waals surface area contributed by atoms with Crippen molar-refractivity contribution < 1.29 is 19.2 Å². The number of hydrogen-bond acceptors (Lipinski definition) is 4. The Morgan fingerprint density at radius 1 is 0.871 bits per heavy atom. The number of amides is 3. The number of nitrogens with zero attached hydrogens (tertiary/aromatic N) is 2. The van der Waals surface area contributed by atoms with Crippen LogP contribution in [-0.4, -0.2) is 45.4 Å². The van der Waals surface area contributed by atoms with Gasteiger partial charge in [0.15, 0.2) is 5.78 Å². The zero-order chi connectivity index (χ0) is 22.5. The van der Waals surface area contributed by atoms with Crippen molar-refractivity contribution in [2.75, 3.05) is 5.88 Å². The molecule has 2 aromatic carbocycles. The fraction of sp³-hybridized carbons (Fsp3) is 0.273. The molecule has 1 aliphatic heterocycles. The van der Waals surface area contributed by atoms with Crippen LogP contribution in [0.25, 0.3) is 0 Å². The lowest BCUT2D eigenvalue weighted by Gasteiger charge is -2.39. The lowest BCUT2D eigenvalue weighted by molar-refractivity contribution is -0.165. The highest BCUT2D eigenvalue weighted by Crippen LogP contribution is 2.25. The first-order valence-electron chi connectivity index (χ1n) is 9.64. The third kappa shape index (κ3) is 5.26. The maximum atomic E-state index is 13.5. The van der Waals surface area contributed by atoms with E-state index in [9.17, 15) is 19.2 Å². The molecule has 0 aliphatic carbocycles. The zero-order valence-electron chi connectivity index (χ0n) is 16.4. The van der Waals surface area contributed by atoms with Crippen molar-refractivity contribution in [3.63, 3.8) is 0 Å². The van der Waals surface area contributed by atoms with Gasteiger partial charge in [-0.15, -0.1) is 11.6 Å². The first-order chi connectivity index (χ1) is 14.8. The van der Waals surface area contributed by atoms with E-state index in [1.165, 1.54) is 36.4 Å². The van der Waals surface area contributed by atoms with Crippen LogP contribution in [-0.2, 0) is 9.59 Å². The Morgan fingerprint density at radius 3 is 1.84 bits per heavy atom. The van der Waals surface area contributed by atoms with Crippen molar-refractivity contribution >= 4 is 58.3 Å². The summed E-state index contributed by atoms with van der Waals surface area (Å²) in [6.07, 6.45) is 0.625. The second kappa shape index (κ2) is 10.3. The minimum atomic E-state index is -1.16. The Kier molecular flexibility index (Phi) is 7.70. The van der Waals surface area contributed by atoms with Gasteiger partial charge in [0.2, 0.25) is 11.8 Å². The minimum Gasteiger partial charge on any atom is -0.292 e. The molecule has 0 aromatic heterocycles. The Bertz CT molecular complexity index is 977. The molecular formula is C22H19Cl3N2O4. The van der Waals surface area contributed by atoms with Crippen molar-refractivity contribution in [2.45, 2.75) is 31.7 Å². The fourth-order valence-electron chi connectivity index (χ4n) is 3.35. The van der Waals surface area contributed by atoms with Gasteiger partial charge in [0.25, 0.3) is 5.91 Å². The maximum Gasteiger partial charge on any atom is 0.273 e. The number of ketones is 1. The zero-order valence-corrected chi connectivity index (χ0v) is 18.7. The van der Waals surface area contributed by atoms with Gasteiger partial charge in [-0.05, 0) is 61.4 Å². The maximum absolute atomic E-state index is 13.5. The van der Waals surface area contributed by atoms with Crippen LogP contribution >= 0.6 is 34.8 Å². The van der Waals surface area contributed by atoms with E-state index >= 15 is 0 Å². The van der Waals surface area contributed by atoms with E-state index in [0.717, 1.165) is 10.0 Å². The number of hydrazine groups is 1. The van der Waals surface area contributed by atoms with Crippen LogP contribution in [0.4, 0.5) is 0 Å². The minimum absolute atomic E-state index is 0.0324. The molecule has 0 spiro atoms. The second-order valence-corrected chi connectivity index (χ2v) is 8.22. The topological polar surface area (TPSA) is 74.8 Å². The molecule has 1 atom stereocenters. The summed E-state index contributed by atoms with van der Waals surface area (Å²) in [5, 5.41) is 2.61. The summed E-state index contributed by atoms with van der Waals surface area (Å²) < 4.78 is 0. The van der Waals surface area contributed by atoms with Gasteiger partial charge in [-0.1, -0.05) is 23.2 Å². The predicted molar refractivity (Wildman–Crippen MR) is 118 cm³/mol. The van der Waals surface area contributed by atoms with E-state index in [1.54, 1.807) is 12.1 Å². The van der Waals surface area contributed by atoms with Crippen LogP contribution < -0.4 is 0 Å². The molecule has 31 heavy (non-hydrogen) atoms. The number of benzene rings is 2. The molecule has 0 unspecified atom stereocenters. The predicted octanol–water partition coefficient (Wildman–Crippen LogP) is 4.77. The van der Waals surface area contributed by atoms with Gasteiger partial charge in [0, 0.05) is 39.9 Å². The van der Waals surface area contributed by atoms with Crippen LogP contribution in [0.1, 0.15) is 46.4 Å². The number of halogens is 3. The van der Waals surface area contributed by atoms with Gasteiger partial charge in [-0.2, -0.15) is 5.01 Å². The summed E-state index contributed by atoms with van der Waals surface area (Å²) in [4.78, 5) is 52.2. The second-order valence-electron chi connectivity index (χ2n) is 6.97. The number of imide groups is 1. The first-order valence-corrected chi connectivity index (χ1v) is 10.9. The molecule has 0 saturated carbocycles. The van der Waals surface area contributed by atoms with Gasteiger partial charge in [-0.25, -0.2) is 5.01 Å². The SMILES string of the molecule is O=C(c1ccc(Cl)cc1)[C@H](CCCl)N(C(=O)c1ccc(Cl)cc1)N1C(=O)CCCC1=O. The highest BCUT2D eigenvalue weighted by molar-refractivity contribution is 6.31. The summed E-state index contributed by atoms with van der Waals surface area (Å²) in [6, 6.07) is 11.0. The molecule has 1 aliphatic rings. The van der Waals surface area contributed by atoms with Crippen molar-refractivity contribution in [1.82, 2.24) is 10.0 Å². The average molecular weight is 482 g/mol. The van der Waals surface area contributed by atoms with Gasteiger partial charge >= 0.3 is 0 Å². The highest BCUT2D eigenvalue weighted by atomic mass is 35.5. The Hall–Kier alpha value is -2.41. The van der Waals surface area contributed by atoms with Gasteiger partial charge in [0.1, 0.15) is 6.04 Å². The van der Waals surface area contributed by atoms with Crippen LogP contribution in [0.5, 0.6) is 0 Å². The number of rotatable bonds is 7. The molecule has 1 fully saturated rings. The Balaban J connectivity index is 2.08. The smallest absolute Gasteiger partial charge is 0.273 e. The molecule has 3 amide bonds. The number of hydrogen-bond donors (Lipinski definition) is 0. The summed E-state index contributed by atoms with van der Waals surface area (Å²) in [5.41, 5.74) is 0.462. The highest BCUT2D eigenvalue weighted by Gasteiger charge is 2.41. The van der Waals surface area contributed by atoms with Gasteiger partial charge in [0.05, 0.1) is 0 Å². The third-order valence-electron chi connectivity index (χ3n) is 4.88. The van der Waals surface area contributed by atoms with Crippen LogP contribution in [0.2, 0.25) is 10.0 Å². The molecule has 0 N–H and O–H groups in total. The summed E-state index contributed by atoms with van der Waals surface area (Å²) in [5.74, 6) is -2.17. The van der Waals surface area contributed by atoms with E-state index in [-0.39, 0.29) is 36.3 Å². The van der Waals surface area contributed by atoms with E-state index in [0.29, 0.717) is 16.5 Å². The molecule has 0 bridgehead atoms. The lowest BCUT2D eigenvalue weighted by atomic mass is 10.00. The van der Waals surface area contributed by atoms with Crippen molar-refractivity contribution in [3.8, 4) is 0 Å². The van der Waals surface area contributed by atoms with Crippen LogP contribution in [0.3, 0.4) is 0 Å². The first kappa shape index (κ1) is 23.3. The molecule has 0 radical (unpaired) electrons. The van der Waals surface area contributed by atoms with Crippen molar-refractivity contribution in [1.29, 1.82) is 0 Å². The lowest BCUT2D eigenvalue weighted by Crippen LogP contribution is -2.60. The normalized spacial score (nSPS) is 15.0. The Morgan fingerprint density at radius 2 is 1.35 bits per heavy atom. The van der Waals surface area contributed by atoms with E-state index in [4.69, 9.17) is 34.8 Å². The summed E-state index contributed by atoms with van der Waals surface area (Å²) >= 11 is 17.8. The number of Topliss-reactive ketones (excluding diaryl/α,β-unsaturated/α-hetero) is 1. The Labute approximate surface area is 194 Å². The summed E-state index contributed by atoms with van der Waals surface area (Å²) in [6.45, 7) is 0. The number of piperidine rings is 1. The van der Waals surface area contributed by atoms with E-state index in [1.807, 2.05) is 0 Å². The molecule has 162 valence electrons. The number of alkyl halides is 1. The van der Waals surface area contributed by atoms with Crippen molar-refractivity contribution in [3.05, 3.63) is 69.7 Å². The molecule has 9 heteroatoms. The molecule has 1 saturated heterocycles. The van der Waals surface area contributed by atoms with E-state index < -0.39 is 29.5 Å². The fourth-order valence-corrected chi connectivity index (χ4v) is 3.81. The van der Waals surface area contributed by atoms with Crippen LogP contribution in [0, 0.1) is 0 Å². The quantitative estimate of drug-likeness (QED) is 0.324. The van der Waals surface area contributed by atoms with E-state index in [2.05, 4.69) is 0 Å². The molecule has 1 heterocycles.